The van der Waals surface area contributed by atoms with E-state index in [-0.39, 0.29) is 0 Å². The van der Waals surface area contributed by atoms with Crippen LogP contribution in [0.4, 0.5) is 5.69 Å². The van der Waals surface area contributed by atoms with Crippen LogP contribution in [0.1, 0.15) is 43.7 Å². The summed E-state index contributed by atoms with van der Waals surface area (Å²) in [6.07, 6.45) is 7.47. The molecular formula is C25H33BrN2O. The van der Waals surface area contributed by atoms with Crippen LogP contribution in [-0.2, 0) is 12.8 Å². The number of benzene rings is 2. The number of hydrogen-bond acceptors (Lipinski definition) is 3. The Morgan fingerprint density at radius 3 is 2.76 bits per heavy atom. The van der Waals surface area contributed by atoms with Crippen molar-refractivity contribution in [1.82, 2.24) is 4.90 Å². The minimum absolute atomic E-state index is 0.625. The van der Waals surface area contributed by atoms with Crippen molar-refractivity contribution >= 4 is 21.6 Å². The predicted molar refractivity (Wildman–Crippen MR) is 125 cm³/mol. The molecule has 0 aliphatic carbocycles. The Balaban J connectivity index is 1.22. The molecule has 1 atom stereocenters. The molecule has 29 heavy (non-hydrogen) atoms. The van der Waals surface area contributed by atoms with Gasteiger partial charge in [0.1, 0.15) is 5.75 Å². The van der Waals surface area contributed by atoms with Gasteiger partial charge in [0.05, 0.1) is 6.61 Å². The number of fused-ring (bicyclic) bond motifs is 1. The summed E-state index contributed by atoms with van der Waals surface area (Å²) in [5.41, 5.74) is 4.21. The summed E-state index contributed by atoms with van der Waals surface area (Å²) in [7, 11) is 0. The number of nitrogens with zero attached hydrogens (tertiary/aromatic N) is 1. The minimum atomic E-state index is 0.625. The topological polar surface area (TPSA) is 24.5 Å². The molecule has 0 saturated carbocycles. The number of ether oxygens (including phenoxy) is 1. The van der Waals surface area contributed by atoms with Gasteiger partial charge in [0.25, 0.3) is 0 Å². The van der Waals surface area contributed by atoms with Crippen LogP contribution in [0, 0.1) is 5.92 Å². The van der Waals surface area contributed by atoms with E-state index in [4.69, 9.17) is 4.74 Å². The quantitative estimate of drug-likeness (QED) is 0.559. The molecule has 2 aliphatic rings. The first-order valence-corrected chi connectivity index (χ1v) is 12.0. The number of halogens is 1. The molecule has 3 nitrogen and oxygen atoms in total. The van der Waals surface area contributed by atoms with Crippen LogP contribution in [0.5, 0.6) is 5.75 Å². The zero-order valence-corrected chi connectivity index (χ0v) is 19.1. The number of aryl methyl sites for hydroxylation is 1. The van der Waals surface area contributed by atoms with Gasteiger partial charge in [0.15, 0.2) is 0 Å². The third-order valence-electron chi connectivity index (χ3n) is 6.48. The average Bonchev–Trinajstić information content (AvgIpc) is 2.75. The van der Waals surface area contributed by atoms with Crippen LogP contribution in [-0.4, -0.2) is 37.2 Å². The molecule has 1 N–H and O–H groups in total. The van der Waals surface area contributed by atoms with Crippen molar-refractivity contribution in [2.75, 3.05) is 31.6 Å². The molecule has 4 heteroatoms. The lowest BCUT2D eigenvalue weighted by Crippen LogP contribution is -2.37. The van der Waals surface area contributed by atoms with Gasteiger partial charge < -0.3 is 15.0 Å². The van der Waals surface area contributed by atoms with Crippen molar-refractivity contribution in [2.45, 2.75) is 51.5 Å². The van der Waals surface area contributed by atoms with Gasteiger partial charge in [0, 0.05) is 22.7 Å². The largest absolute Gasteiger partial charge is 0.494 e. The van der Waals surface area contributed by atoms with Crippen molar-refractivity contribution in [2.24, 2.45) is 5.92 Å². The maximum atomic E-state index is 5.68. The van der Waals surface area contributed by atoms with E-state index < -0.39 is 0 Å². The Morgan fingerprint density at radius 2 is 1.93 bits per heavy atom. The van der Waals surface area contributed by atoms with E-state index >= 15 is 0 Å². The molecule has 0 spiro atoms. The van der Waals surface area contributed by atoms with Gasteiger partial charge in [-0.1, -0.05) is 34.1 Å². The number of hydrogen-bond donors (Lipinski definition) is 1. The van der Waals surface area contributed by atoms with Gasteiger partial charge in [-0.25, -0.2) is 0 Å². The van der Waals surface area contributed by atoms with Crippen LogP contribution in [0.3, 0.4) is 0 Å². The summed E-state index contributed by atoms with van der Waals surface area (Å²) >= 11 is 3.73. The molecule has 2 aliphatic heterocycles. The minimum Gasteiger partial charge on any atom is -0.494 e. The molecule has 0 bridgehead atoms. The van der Waals surface area contributed by atoms with Gasteiger partial charge in [-0.15, -0.1) is 0 Å². The molecule has 1 unspecified atom stereocenters. The van der Waals surface area contributed by atoms with Crippen molar-refractivity contribution in [3.8, 4) is 5.75 Å². The lowest BCUT2D eigenvalue weighted by molar-refractivity contribution is 0.179. The van der Waals surface area contributed by atoms with Gasteiger partial charge >= 0.3 is 0 Å². The molecule has 0 amide bonds. The second-order valence-electron chi connectivity index (χ2n) is 8.50. The molecule has 0 aromatic heterocycles. The zero-order chi connectivity index (χ0) is 20.1. The van der Waals surface area contributed by atoms with E-state index in [2.05, 4.69) is 68.6 Å². The lowest BCUT2D eigenvalue weighted by atomic mass is 9.89. The molecule has 2 aromatic carbocycles. The van der Waals surface area contributed by atoms with Gasteiger partial charge in [0.2, 0.25) is 0 Å². The predicted octanol–water partition coefficient (Wildman–Crippen LogP) is 5.92. The highest BCUT2D eigenvalue weighted by molar-refractivity contribution is 9.10. The Kier molecular flexibility index (Phi) is 7.15. The molecular weight excluding hydrogens is 424 g/mol. The molecule has 1 saturated heterocycles. The third-order valence-corrected chi connectivity index (χ3v) is 7.25. The van der Waals surface area contributed by atoms with Crippen LogP contribution >= 0.6 is 15.9 Å². The van der Waals surface area contributed by atoms with Crippen molar-refractivity contribution in [3.05, 3.63) is 58.1 Å². The number of nitrogens with one attached hydrogen (secondary N) is 1. The van der Waals surface area contributed by atoms with Crippen LogP contribution in [0.25, 0.3) is 0 Å². The summed E-state index contributed by atoms with van der Waals surface area (Å²) < 4.78 is 6.90. The molecule has 2 aromatic rings. The van der Waals surface area contributed by atoms with E-state index in [1.165, 1.54) is 73.0 Å². The summed E-state index contributed by atoms with van der Waals surface area (Å²) in [6.45, 7) is 6.45. The van der Waals surface area contributed by atoms with Gasteiger partial charge in [-0.05, 0) is 99.8 Å². The Labute approximate surface area is 184 Å². The highest BCUT2D eigenvalue weighted by Crippen LogP contribution is 2.30. The second kappa shape index (κ2) is 9.99. The number of anilines is 1. The second-order valence-corrected chi connectivity index (χ2v) is 9.36. The van der Waals surface area contributed by atoms with Gasteiger partial charge in [-0.2, -0.15) is 0 Å². The smallest absolute Gasteiger partial charge is 0.119 e. The Hall–Kier alpha value is -1.52. The van der Waals surface area contributed by atoms with E-state index in [1.807, 2.05) is 6.92 Å². The fourth-order valence-corrected chi connectivity index (χ4v) is 5.15. The van der Waals surface area contributed by atoms with Crippen molar-refractivity contribution in [3.63, 3.8) is 0 Å². The third kappa shape index (κ3) is 5.55. The molecule has 2 heterocycles. The van der Waals surface area contributed by atoms with Crippen molar-refractivity contribution < 1.29 is 4.74 Å². The van der Waals surface area contributed by atoms with E-state index in [9.17, 15) is 0 Å². The van der Waals surface area contributed by atoms with Gasteiger partial charge in [-0.3, -0.25) is 0 Å². The Morgan fingerprint density at radius 1 is 1.10 bits per heavy atom. The van der Waals surface area contributed by atoms with Crippen LogP contribution < -0.4 is 10.1 Å². The number of likely N-dealkylation sites (tertiary alicyclic amines) is 1. The monoisotopic (exact) mass is 456 g/mol. The van der Waals surface area contributed by atoms with Crippen LogP contribution in [0.2, 0.25) is 0 Å². The van der Waals surface area contributed by atoms with E-state index in [0.717, 1.165) is 24.7 Å². The first-order valence-electron chi connectivity index (χ1n) is 11.2. The first kappa shape index (κ1) is 20.7. The maximum Gasteiger partial charge on any atom is 0.119 e. The zero-order valence-electron chi connectivity index (χ0n) is 17.5. The standard InChI is InChI=1S/C25H33BrN2O/c1-2-29-23-9-10-24(26)21(18-23)17-19-11-14-28(15-12-19)16-13-22-8-7-20-5-3-4-6-25(20)27-22/h3-6,9-10,18-19,22,27H,2,7-8,11-17H2,1H3. The highest BCUT2D eigenvalue weighted by atomic mass is 79.9. The first-order chi connectivity index (χ1) is 14.2. The lowest BCUT2D eigenvalue weighted by Gasteiger charge is -2.34. The SMILES string of the molecule is CCOc1ccc(Br)c(CC2CCN(CCC3CCc4ccccc4N3)CC2)c1. The number of piperidine rings is 1. The molecule has 1 fully saturated rings. The molecule has 156 valence electrons. The number of para-hydroxylation sites is 1. The normalized spacial score (nSPS) is 20.1. The fourth-order valence-electron chi connectivity index (χ4n) is 4.75. The summed E-state index contributed by atoms with van der Waals surface area (Å²) in [5.74, 6) is 1.77. The Bertz CT molecular complexity index is 801. The van der Waals surface area contributed by atoms with E-state index in [1.54, 1.807) is 0 Å². The van der Waals surface area contributed by atoms with E-state index in [0.29, 0.717) is 6.04 Å². The maximum absolute atomic E-state index is 5.68. The highest BCUT2D eigenvalue weighted by Gasteiger charge is 2.22. The molecule has 0 radical (unpaired) electrons. The summed E-state index contributed by atoms with van der Waals surface area (Å²) in [4.78, 5) is 2.67. The van der Waals surface area contributed by atoms with Crippen LogP contribution in [0.15, 0.2) is 46.9 Å². The van der Waals surface area contributed by atoms with Crippen molar-refractivity contribution in [1.29, 1.82) is 0 Å². The molecule has 4 rings (SSSR count). The number of rotatable bonds is 7. The summed E-state index contributed by atoms with van der Waals surface area (Å²) in [6, 6.07) is 15.8. The fraction of sp³-hybridized carbons (Fsp3) is 0.520. The summed E-state index contributed by atoms with van der Waals surface area (Å²) in [5, 5.41) is 3.76. The average molecular weight is 457 g/mol.